The maximum atomic E-state index is 12.2. The van der Waals surface area contributed by atoms with Crippen LogP contribution >= 0.6 is 0 Å². The van der Waals surface area contributed by atoms with Crippen LogP contribution in [-0.2, 0) is 11.2 Å². The van der Waals surface area contributed by atoms with E-state index in [1.165, 1.54) is 5.56 Å². The van der Waals surface area contributed by atoms with E-state index in [0.29, 0.717) is 24.5 Å². The fourth-order valence-electron chi connectivity index (χ4n) is 2.54. The summed E-state index contributed by atoms with van der Waals surface area (Å²) in [5.74, 6) is 0.647. The number of morpholine rings is 1. The summed E-state index contributed by atoms with van der Waals surface area (Å²) >= 11 is 0. The average Bonchev–Trinajstić information content (AvgIpc) is 2.49. The molecule has 0 spiro atoms. The molecule has 106 valence electrons. The summed E-state index contributed by atoms with van der Waals surface area (Å²) in [5, 5.41) is 0.674. The van der Waals surface area contributed by atoms with Gasteiger partial charge in [-0.25, -0.2) is 4.98 Å². The Morgan fingerprint density at radius 3 is 2.90 bits per heavy atom. The Morgan fingerprint density at radius 1 is 1.35 bits per heavy atom. The number of benzene rings is 1. The molecule has 0 bridgehead atoms. The highest BCUT2D eigenvalue weighted by atomic mass is 16.5. The Hall–Kier alpha value is -1.88. The number of nitrogens with zero attached hydrogens (tertiary/aromatic N) is 2. The first-order valence-electron chi connectivity index (χ1n) is 7.13. The number of anilines is 1. The van der Waals surface area contributed by atoms with Crippen LogP contribution in [0.1, 0.15) is 18.9 Å². The monoisotopic (exact) mass is 273 g/mol. The third-order valence-electron chi connectivity index (χ3n) is 3.61. The van der Waals surface area contributed by atoms with Crippen molar-refractivity contribution >= 4 is 16.9 Å². The summed E-state index contributed by atoms with van der Waals surface area (Å²) < 4.78 is 5.32. The highest BCUT2D eigenvalue weighted by Crippen LogP contribution is 2.15. The number of nitrogens with one attached hydrogen (secondary N) is 1. The molecule has 0 saturated carbocycles. The lowest BCUT2D eigenvalue weighted by molar-refractivity contribution is 0.122. The molecule has 1 aliphatic rings. The number of aryl methyl sites for hydroxylation is 1. The maximum Gasteiger partial charge on any atom is 0.260 e. The standard InChI is InChI=1S/C15H19N3O2/c1-2-3-11-4-5-13-12(10-11)14(19)17-15(16-13)18-6-8-20-9-7-18/h4-5,10H,2-3,6-9H2,1H3,(H,16,17,19). The second kappa shape index (κ2) is 5.63. The van der Waals surface area contributed by atoms with Gasteiger partial charge >= 0.3 is 0 Å². The minimum Gasteiger partial charge on any atom is -0.378 e. The molecule has 1 aliphatic heterocycles. The molecule has 0 aliphatic carbocycles. The highest BCUT2D eigenvalue weighted by molar-refractivity contribution is 5.79. The second-order valence-electron chi connectivity index (χ2n) is 5.09. The van der Waals surface area contributed by atoms with Crippen molar-refractivity contribution in [3.05, 3.63) is 34.1 Å². The Morgan fingerprint density at radius 2 is 2.15 bits per heavy atom. The van der Waals surface area contributed by atoms with Crippen LogP contribution in [0.15, 0.2) is 23.0 Å². The van der Waals surface area contributed by atoms with Crippen LogP contribution in [0.2, 0.25) is 0 Å². The minimum absolute atomic E-state index is 0.0607. The summed E-state index contributed by atoms with van der Waals surface area (Å²) in [5.41, 5.74) is 1.89. The fourth-order valence-corrected chi connectivity index (χ4v) is 2.54. The summed E-state index contributed by atoms with van der Waals surface area (Å²) in [6.07, 6.45) is 2.06. The van der Waals surface area contributed by atoms with Gasteiger partial charge in [-0.1, -0.05) is 19.4 Å². The van der Waals surface area contributed by atoms with Gasteiger partial charge in [0.2, 0.25) is 5.95 Å². The van der Waals surface area contributed by atoms with Crippen molar-refractivity contribution in [2.45, 2.75) is 19.8 Å². The molecule has 0 unspecified atom stereocenters. The average molecular weight is 273 g/mol. The molecule has 1 aromatic carbocycles. The van der Waals surface area contributed by atoms with Crippen LogP contribution < -0.4 is 10.5 Å². The van der Waals surface area contributed by atoms with Crippen LogP contribution in [0.5, 0.6) is 0 Å². The van der Waals surface area contributed by atoms with Crippen molar-refractivity contribution in [3.8, 4) is 0 Å². The van der Waals surface area contributed by atoms with Gasteiger partial charge in [-0.3, -0.25) is 9.78 Å². The summed E-state index contributed by atoms with van der Waals surface area (Å²) in [6, 6.07) is 5.95. The van der Waals surface area contributed by atoms with E-state index in [0.717, 1.165) is 31.4 Å². The Kier molecular flexibility index (Phi) is 3.69. The van der Waals surface area contributed by atoms with E-state index in [1.807, 2.05) is 12.1 Å². The summed E-state index contributed by atoms with van der Waals surface area (Å²) in [6.45, 7) is 5.02. The van der Waals surface area contributed by atoms with Gasteiger partial charge in [-0.05, 0) is 24.1 Å². The van der Waals surface area contributed by atoms with Crippen LogP contribution in [0, 0.1) is 0 Å². The largest absolute Gasteiger partial charge is 0.378 e. The van der Waals surface area contributed by atoms with Crippen molar-refractivity contribution in [2.75, 3.05) is 31.2 Å². The Bertz CT molecular complexity index is 660. The molecule has 20 heavy (non-hydrogen) atoms. The molecular formula is C15H19N3O2. The SMILES string of the molecule is CCCc1ccc2nc(N3CCOCC3)[nH]c(=O)c2c1. The number of aromatic amines is 1. The molecule has 5 nitrogen and oxygen atoms in total. The Labute approximate surface area is 117 Å². The number of hydrogen-bond acceptors (Lipinski definition) is 4. The molecule has 1 saturated heterocycles. The lowest BCUT2D eigenvalue weighted by Gasteiger charge is -2.27. The molecule has 0 atom stereocenters. The van der Waals surface area contributed by atoms with Gasteiger partial charge in [0.15, 0.2) is 0 Å². The third kappa shape index (κ3) is 2.54. The van der Waals surface area contributed by atoms with Gasteiger partial charge < -0.3 is 9.64 Å². The number of fused-ring (bicyclic) bond motifs is 1. The summed E-state index contributed by atoms with van der Waals surface area (Å²) in [4.78, 5) is 21.8. The van der Waals surface area contributed by atoms with Gasteiger partial charge in [0.1, 0.15) is 0 Å². The van der Waals surface area contributed by atoms with Crippen LogP contribution in [0.4, 0.5) is 5.95 Å². The van der Waals surface area contributed by atoms with E-state index in [-0.39, 0.29) is 5.56 Å². The number of H-pyrrole nitrogens is 1. The molecule has 2 aromatic rings. The third-order valence-corrected chi connectivity index (χ3v) is 3.61. The van der Waals surface area contributed by atoms with Crippen LogP contribution in [0.3, 0.4) is 0 Å². The topological polar surface area (TPSA) is 58.2 Å². The predicted octanol–water partition coefficient (Wildman–Crippen LogP) is 1.71. The predicted molar refractivity (Wildman–Crippen MR) is 79.4 cm³/mol. The maximum absolute atomic E-state index is 12.2. The highest BCUT2D eigenvalue weighted by Gasteiger charge is 2.14. The van der Waals surface area contributed by atoms with Gasteiger partial charge in [0.05, 0.1) is 24.1 Å². The van der Waals surface area contributed by atoms with Gasteiger partial charge in [-0.2, -0.15) is 0 Å². The van der Waals surface area contributed by atoms with Gasteiger partial charge in [0.25, 0.3) is 5.56 Å². The number of ether oxygens (including phenoxy) is 1. The van der Waals surface area contributed by atoms with Gasteiger partial charge in [0, 0.05) is 13.1 Å². The van der Waals surface area contributed by atoms with E-state index >= 15 is 0 Å². The molecule has 5 heteroatoms. The lowest BCUT2D eigenvalue weighted by Crippen LogP contribution is -2.38. The molecule has 2 heterocycles. The lowest BCUT2D eigenvalue weighted by atomic mass is 10.1. The molecule has 1 fully saturated rings. The van der Waals surface area contributed by atoms with Gasteiger partial charge in [-0.15, -0.1) is 0 Å². The van der Waals surface area contributed by atoms with E-state index in [1.54, 1.807) is 0 Å². The fraction of sp³-hybridized carbons (Fsp3) is 0.467. The number of hydrogen-bond donors (Lipinski definition) is 1. The molecule has 0 radical (unpaired) electrons. The molecular weight excluding hydrogens is 254 g/mol. The van der Waals surface area contributed by atoms with E-state index in [9.17, 15) is 4.79 Å². The quantitative estimate of drug-likeness (QED) is 0.925. The smallest absolute Gasteiger partial charge is 0.260 e. The Balaban J connectivity index is 2.01. The van der Waals surface area contributed by atoms with E-state index in [4.69, 9.17) is 4.74 Å². The number of rotatable bonds is 3. The first kappa shape index (κ1) is 13.1. The van der Waals surface area contributed by atoms with Crippen molar-refractivity contribution in [2.24, 2.45) is 0 Å². The number of aromatic nitrogens is 2. The van der Waals surface area contributed by atoms with Crippen molar-refractivity contribution in [1.82, 2.24) is 9.97 Å². The minimum atomic E-state index is -0.0607. The normalized spacial score (nSPS) is 15.8. The van der Waals surface area contributed by atoms with Crippen molar-refractivity contribution < 1.29 is 4.74 Å². The molecule has 3 rings (SSSR count). The van der Waals surface area contributed by atoms with E-state index in [2.05, 4.69) is 27.9 Å². The molecule has 1 N–H and O–H groups in total. The summed E-state index contributed by atoms with van der Waals surface area (Å²) in [7, 11) is 0. The van der Waals surface area contributed by atoms with Crippen molar-refractivity contribution in [3.63, 3.8) is 0 Å². The van der Waals surface area contributed by atoms with E-state index < -0.39 is 0 Å². The van der Waals surface area contributed by atoms with Crippen LogP contribution in [-0.4, -0.2) is 36.3 Å². The van der Waals surface area contributed by atoms with Crippen molar-refractivity contribution in [1.29, 1.82) is 0 Å². The first-order chi connectivity index (χ1) is 9.78. The zero-order chi connectivity index (χ0) is 13.9. The molecule has 1 aromatic heterocycles. The zero-order valence-corrected chi connectivity index (χ0v) is 11.7. The first-order valence-corrected chi connectivity index (χ1v) is 7.13. The molecule has 0 amide bonds. The van der Waals surface area contributed by atoms with Crippen LogP contribution in [0.25, 0.3) is 10.9 Å². The second-order valence-corrected chi connectivity index (χ2v) is 5.09. The zero-order valence-electron chi connectivity index (χ0n) is 11.7.